The molecule has 34 heavy (non-hydrogen) atoms. The molecule has 0 aliphatic heterocycles. The highest BCUT2D eigenvalue weighted by Crippen LogP contribution is 2.45. The quantitative estimate of drug-likeness (QED) is 0.307. The number of carboxylic acid groups (broad SMARTS) is 1. The van der Waals surface area contributed by atoms with Gasteiger partial charge in [0.05, 0.1) is 32.8 Å². The molecular formula is C26H25NO6S. The lowest BCUT2D eigenvalue weighted by atomic mass is 10.2. The summed E-state index contributed by atoms with van der Waals surface area (Å²) in [6.45, 7) is 0.207. The standard InChI is InChI=1S/C26H25NO6S/c1-30-18-9-11-19(12-10-18)33-26-20-13-21(31-2)22(32-3)14-23(20)34-24(26)15-27(16-25(28)29)17-7-5-4-6-8-17/h4-14H,15-16H2,1-3H3,(H,28,29). The van der Waals surface area contributed by atoms with Crippen LogP contribution in [0.15, 0.2) is 66.7 Å². The Morgan fingerprint density at radius 1 is 0.882 bits per heavy atom. The number of fused-ring (bicyclic) bond motifs is 1. The van der Waals surface area contributed by atoms with E-state index in [0.717, 1.165) is 26.4 Å². The van der Waals surface area contributed by atoms with Crippen LogP contribution in [0.25, 0.3) is 10.1 Å². The van der Waals surface area contributed by atoms with Gasteiger partial charge in [-0.3, -0.25) is 4.79 Å². The summed E-state index contributed by atoms with van der Waals surface area (Å²) in [5.74, 6) is 2.31. The van der Waals surface area contributed by atoms with E-state index in [9.17, 15) is 9.90 Å². The Hall–Kier alpha value is -3.91. The molecule has 1 heterocycles. The van der Waals surface area contributed by atoms with Crippen LogP contribution in [0.1, 0.15) is 4.88 Å². The second kappa shape index (κ2) is 10.4. The smallest absolute Gasteiger partial charge is 0.323 e. The first-order chi connectivity index (χ1) is 16.5. The Morgan fingerprint density at radius 3 is 2.15 bits per heavy atom. The SMILES string of the molecule is COc1ccc(Oc2c(CN(CC(=O)O)c3ccccc3)sc3cc(OC)c(OC)cc23)cc1. The van der Waals surface area contributed by atoms with E-state index in [2.05, 4.69) is 0 Å². The lowest BCUT2D eigenvalue weighted by Crippen LogP contribution is -2.28. The van der Waals surface area contributed by atoms with Crippen molar-refractivity contribution in [3.05, 3.63) is 71.6 Å². The van der Waals surface area contributed by atoms with Gasteiger partial charge in [0.25, 0.3) is 0 Å². The summed E-state index contributed by atoms with van der Waals surface area (Å²) >= 11 is 1.53. The third-order valence-electron chi connectivity index (χ3n) is 5.28. The molecule has 0 saturated carbocycles. The van der Waals surface area contributed by atoms with Gasteiger partial charge in [-0.25, -0.2) is 0 Å². The third-order valence-corrected chi connectivity index (χ3v) is 6.40. The highest BCUT2D eigenvalue weighted by atomic mass is 32.1. The molecule has 0 spiro atoms. The minimum absolute atomic E-state index is 0.146. The maximum Gasteiger partial charge on any atom is 0.323 e. The van der Waals surface area contributed by atoms with Crippen LogP contribution >= 0.6 is 11.3 Å². The van der Waals surface area contributed by atoms with Gasteiger partial charge in [0.1, 0.15) is 18.0 Å². The molecule has 0 atom stereocenters. The number of ether oxygens (including phenoxy) is 4. The summed E-state index contributed by atoms with van der Waals surface area (Å²) in [6, 6.07) is 20.6. The van der Waals surface area contributed by atoms with Crippen LogP contribution in [0.3, 0.4) is 0 Å². The summed E-state index contributed by atoms with van der Waals surface area (Å²) in [6.07, 6.45) is 0. The first kappa shape index (κ1) is 23.3. The molecule has 1 aromatic heterocycles. The van der Waals surface area contributed by atoms with Crippen LogP contribution in [-0.4, -0.2) is 38.9 Å². The summed E-state index contributed by atoms with van der Waals surface area (Å²) in [7, 11) is 4.79. The summed E-state index contributed by atoms with van der Waals surface area (Å²) in [5, 5.41) is 10.4. The zero-order chi connectivity index (χ0) is 24.1. The lowest BCUT2D eigenvalue weighted by molar-refractivity contribution is -0.135. The summed E-state index contributed by atoms with van der Waals surface area (Å²) < 4.78 is 23.5. The average Bonchev–Trinajstić information content (AvgIpc) is 3.19. The number of carboxylic acids is 1. The van der Waals surface area contributed by atoms with Crippen LogP contribution in [-0.2, 0) is 11.3 Å². The van der Waals surface area contributed by atoms with Crippen molar-refractivity contribution in [1.82, 2.24) is 0 Å². The number of nitrogens with zero attached hydrogens (tertiary/aromatic N) is 1. The van der Waals surface area contributed by atoms with Crippen molar-refractivity contribution >= 4 is 33.1 Å². The number of aliphatic carboxylic acids is 1. The Morgan fingerprint density at radius 2 is 1.53 bits per heavy atom. The van der Waals surface area contributed by atoms with Crippen molar-refractivity contribution in [2.24, 2.45) is 0 Å². The molecule has 7 nitrogen and oxygen atoms in total. The number of anilines is 1. The Kier molecular flexibility index (Phi) is 7.08. The van der Waals surface area contributed by atoms with Crippen LogP contribution < -0.4 is 23.8 Å². The molecule has 0 aliphatic carbocycles. The van der Waals surface area contributed by atoms with Gasteiger partial charge in [-0.15, -0.1) is 11.3 Å². The number of benzene rings is 3. The minimum atomic E-state index is -0.911. The van der Waals surface area contributed by atoms with Gasteiger partial charge in [-0.2, -0.15) is 0 Å². The first-order valence-corrected chi connectivity index (χ1v) is 11.3. The predicted octanol–water partition coefficient (Wildman–Crippen LogP) is 5.81. The van der Waals surface area contributed by atoms with Crippen molar-refractivity contribution in [3.8, 4) is 28.7 Å². The fraction of sp³-hybridized carbons (Fsp3) is 0.192. The van der Waals surface area contributed by atoms with Gasteiger partial charge >= 0.3 is 5.97 Å². The number of rotatable bonds is 10. The largest absolute Gasteiger partial charge is 0.497 e. The molecule has 0 radical (unpaired) electrons. The van der Waals surface area contributed by atoms with Crippen LogP contribution in [0.2, 0.25) is 0 Å². The fourth-order valence-corrected chi connectivity index (χ4v) is 4.80. The fourth-order valence-electron chi connectivity index (χ4n) is 3.64. The molecule has 0 fully saturated rings. The van der Waals surface area contributed by atoms with E-state index in [1.165, 1.54) is 11.3 Å². The minimum Gasteiger partial charge on any atom is -0.497 e. The van der Waals surface area contributed by atoms with E-state index < -0.39 is 5.97 Å². The topological polar surface area (TPSA) is 77.5 Å². The highest BCUT2D eigenvalue weighted by Gasteiger charge is 2.21. The van der Waals surface area contributed by atoms with E-state index in [1.54, 1.807) is 21.3 Å². The Bertz CT molecular complexity index is 1270. The van der Waals surface area contributed by atoms with Gasteiger partial charge in [-0.05, 0) is 42.5 Å². The molecule has 0 unspecified atom stereocenters. The lowest BCUT2D eigenvalue weighted by Gasteiger charge is -2.23. The van der Waals surface area contributed by atoms with Gasteiger partial charge in [0, 0.05) is 21.8 Å². The number of para-hydroxylation sites is 1. The maximum atomic E-state index is 11.6. The van der Waals surface area contributed by atoms with Crippen molar-refractivity contribution in [3.63, 3.8) is 0 Å². The van der Waals surface area contributed by atoms with Gasteiger partial charge in [0.15, 0.2) is 17.2 Å². The maximum absolute atomic E-state index is 11.6. The van der Waals surface area contributed by atoms with Gasteiger partial charge in [0.2, 0.25) is 0 Å². The molecule has 0 bridgehead atoms. The van der Waals surface area contributed by atoms with Gasteiger partial charge < -0.3 is 29.0 Å². The van der Waals surface area contributed by atoms with E-state index in [0.29, 0.717) is 29.5 Å². The highest BCUT2D eigenvalue weighted by molar-refractivity contribution is 7.19. The van der Waals surface area contributed by atoms with Crippen molar-refractivity contribution in [2.75, 3.05) is 32.8 Å². The normalized spacial score (nSPS) is 10.7. The number of hydrogen-bond donors (Lipinski definition) is 1. The number of thiophene rings is 1. The summed E-state index contributed by atoms with van der Waals surface area (Å²) in [5.41, 5.74) is 0.813. The third kappa shape index (κ3) is 5.02. The zero-order valence-electron chi connectivity index (χ0n) is 19.1. The average molecular weight is 480 g/mol. The van der Waals surface area contributed by atoms with Crippen molar-refractivity contribution in [1.29, 1.82) is 0 Å². The van der Waals surface area contributed by atoms with Crippen LogP contribution in [0, 0.1) is 0 Å². The molecular weight excluding hydrogens is 454 g/mol. The Labute approximate surface area is 201 Å². The molecule has 0 aliphatic rings. The number of methoxy groups -OCH3 is 3. The first-order valence-electron chi connectivity index (χ1n) is 10.5. The Balaban J connectivity index is 1.81. The van der Waals surface area contributed by atoms with Crippen LogP contribution in [0.4, 0.5) is 5.69 Å². The predicted molar refractivity (Wildman–Crippen MR) is 133 cm³/mol. The number of carbonyl (C=O) groups is 1. The van der Waals surface area contributed by atoms with E-state index >= 15 is 0 Å². The van der Waals surface area contributed by atoms with Crippen LogP contribution in [0.5, 0.6) is 28.7 Å². The summed E-state index contributed by atoms with van der Waals surface area (Å²) in [4.78, 5) is 14.3. The van der Waals surface area contributed by atoms with E-state index in [-0.39, 0.29) is 6.54 Å². The molecule has 176 valence electrons. The molecule has 0 amide bonds. The molecule has 3 aromatic carbocycles. The molecule has 0 saturated heterocycles. The second-order valence-electron chi connectivity index (χ2n) is 7.42. The molecule has 4 aromatic rings. The molecule has 4 rings (SSSR count). The zero-order valence-corrected chi connectivity index (χ0v) is 19.9. The van der Waals surface area contributed by atoms with Crippen molar-refractivity contribution < 1.29 is 28.8 Å². The number of hydrogen-bond acceptors (Lipinski definition) is 7. The molecule has 8 heteroatoms. The monoisotopic (exact) mass is 479 g/mol. The molecule has 1 N–H and O–H groups in total. The van der Waals surface area contributed by atoms with Gasteiger partial charge in [-0.1, -0.05) is 18.2 Å². The van der Waals surface area contributed by atoms with E-state index in [1.807, 2.05) is 71.6 Å². The second-order valence-corrected chi connectivity index (χ2v) is 8.56. The van der Waals surface area contributed by atoms with Crippen molar-refractivity contribution in [2.45, 2.75) is 6.54 Å². The van der Waals surface area contributed by atoms with E-state index in [4.69, 9.17) is 18.9 Å².